The fourth-order valence-electron chi connectivity index (χ4n) is 3.70. The van der Waals surface area contributed by atoms with Gasteiger partial charge in [0.05, 0.1) is 18.0 Å². The third-order valence-corrected chi connectivity index (χ3v) is 6.91. The zero-order valence-electron chi connectivity index (χ0n) is 19.2. The second-order valence-electron chi connectivity index (χ2n) is 8.27. The summed E-state index contributed by atoms with van der Waals surface area (Å²) < 4.78 is 26.6. The number of amides is 1. The monoisotopic (exact) mass is 450 g/mol. The van der Waals surface area contributed by atoms with Crippen molar-refractivity contribution in [2.24, 2.45) is 0 Å². The second-order valence-corrected chi connectivity index (χ2v) is 10.1. The van der Waals surface area contributed by atoms with Gasteiger partial charge in [-0.3, -0.25) is 9.10 Å². The summed E-state index contributed by atoms with van der Waals surface area (Å²) in [5.41, 5.74) is 5.48. The number of carbonyl (C=O) groups excluding carboxylic acids is 1. The number of nitrogens with one attached hydrogen (secondary N) is 1. The largest absolute Gasteiger partial charge is 0.343 e. The Morgan fingerprint density at radius 2 is 1.44 bits per heavy atom. The number of benzene rings is 3. The fourth-order valence-corrected chi connectivity index (χ4v) is 4.86. The average Bonchev–Trinajstić information content (AvgIpc) is 2.75. The van der Waals surface area contributed by atoms with Crippen molar-refractivity contribution < 1.29 is 13.2 Å². The van der Waals surface area contributed by atoms with Crippen LogP contribution in [0.25, 0.3) is 0 Å². The minimum Gasteiger partial charge on any atom is -0.343 e. The highest BCUT2D eigenvalue weighted by molar-refractivity contribution is 7.92. The Balaban J connectivity index is 1.96. The molecule has 5 nitrogen and oxygen atoms in total. The molecule has 0 aliphatic carbocycles. The SMILES string of the molecule is Cc1ccc(C(NC(=O)C(C)N(c2ccc(C)c(C)c2)S(C)(=O)=O)c2ccccc2)cc1. The molecule has 1 amide bonds. The van der Waals surface area contributed by atoms with Crippen LogP contribution < -0.4 is 9.62 Å². The van der Waals surface area contributed by atoms with Crippen LogP contribution in [0, 0.1) is 20.8 Å². The molecule has 0 aliphatic rings. The summed E-state index contributed by atoms with van der Waals surface area (Å²) in [7, 11) is -3.69. The Hall–Kier alpha value is -3.12. The standard InChI is InChI=1S/C26H30N2O3S/c1-18-11-14-23(15-12-18)25(22-9-7-6-8-10-22)27-26(29)21(4)28(32(5,30)31)24-16-13-19(2)20(3)17-24/h6-17,21,25H,1-5H3,(H,27,29). The Morgan fingerprint density at radius 3 is 2.00 bits per heavy atom. The van der Waals surface area contributed by atoms with Crippen LogP contribution in [-0.4, -0.2) is 26.6 Å². The molecule has 0 aromatic heterocycles. The van der Waals surface area contributed by atoms with E-state index < -0.39 is 22.1 Å². The van der Waals surface area contributed by atoms with E-state index in [1.54, 1.807) is 19.1 Å². The molecule has 2 atom stereocenters. The first-order valence-electron chi connectivity index (χ1n) is 10.6. The molecule has 0 bridgehead atoms. The van der Waals surface area contributed by atoms with Gasteiger partial charge in [0.25, 0.3) is 0 Å². The van der Waals surface area contributed by atoms with E-state index >= 15 is 0 Å². The summed E-state index contributed by atoms with van der Waals surface area (Å²) in [6.45, 7) is 7.51. The van der Waals surface area contributed by atoms with Gasteiger partial charge in [-0.25, -0.2) is 8.42 Å². The third kappa shape index (κ3) is 5.37. The van der Waals surface area contributed by atoms with Crippen LogP contribution in [0.15, 0.2) is 72.8 Å². The van der Waals surface area contributed by atoms with Crippen LogP contribution in [0.4, 0.5) is 5.69 Å². The summed E-state index contributed by atoms with van der Waals surface area (Å²) in [4.78, 5) is 13.4. The number of aryl methyl sites for hydroxylation is 3. The van der Waals surface area contributed by atoms with Crippen LogP contribution >= 0.6 is 0 Å². The van der Waals surface area contributed by atoms with E-state index in [2.05, 4.69) is 5.32 Å². The highest BCUT2D eigenvalue weighted by Crippen LogP contribution is 2.26. The Labute approximate surface area is 191 Å². The highest BCUT2D eigenvalue weighted by atomic mass is 32.2. The predicted molar refractivity (Wildman–Crippen MR) is 130 cm³/mol. The van der Waals surface area contributed by atoms with Crippen molar-refractivity contribution in [2.75, 3.05) is 10.6 Å². The molecule has 3 aromatic rings. The van der Waals surface area contributed by atoms with Crippen molar-refractivity contribution in [3.8, 4) is 0 Å². The number of rotatable bonds is 7. The molecule has 32 heavy (non-hydrogen) atoms. The van der Waals surface area contributed by atoms with Crippen LogP contribution in [0.2, 0.25) is 0 Å². The van der Waals surface area contributed by atoms with Gasteiger partial charge in [0.1, 0.15) is 6.04 Å². The van der Waals surface area contributed by atoms with Gasteiger partial charge in [-0.1, -0.05) is 66.2 Å². The van der Waals surface area contributed by atoms with Gasteiger partial charge < -0.3 is 5.32 Å². The lowest BCUT2D eigenvalue weighted by atomic mass is 9.97. The number of carbonyl (C=O) groups is 1. The normalized spacial score (nSPS) is 13.3. The van der Waals surface area contributed by atoms with Gasteiger partial charge in [0.2, 0.25) is 15.9 Å². The van der Waals surface area contributed by atoms with E-state index in [1.807, 2.05) is 81.4 Å². The molecule has 0 saturated carbocycles. The Morgan fingerprint density at radius 1 is 0.844 bits per heavy atom. The third-order valence-electron chi connectivity index (χ3n) is 5.66. The van der Waals surface area contributed by atoms with Gasteiger partial charge in [0.15, 0.2) is 0 Å². The van der Waals surface area contributed by atoms with Gasteiger partial charge in [0, 0.05) is 0 Å². The minimum atomic E-state index is -3.69. The summed E-state index contributed by atoms with van der Waals surface area (Å²) in [5, 5.41) is 3.07. The number of hydrogen-bond donors (Lipinski definition) is 1. The van der Waals surface area contributed by atoms with Crippen LogP contribution in [-0.2, 0) is 14.8 Å². The van der Waals surface area contributed by atoms with Gasteiger partial charge >= 0.3 is 0 Å². The summed E-state index contributed by atoms with van der Waals surface area (Å²) >= 11 is 0. The van der Waals surface area contributed by atoms with Crippen molar-refractivity contribution >= 4 is 21.6 Å². The maximum Gasteiger partial charge on any atom is 0.244 e. The number of anilines is 1. The quantitative estimate of drug-likeness (QED) is 0.569. The van der Waals surface area contributed by atoms with E-state index in [4.69, 9.17) is 0 Å². The smallest absolute Gasteiger partial charge is 0.244 e. The molecule has 1 N–H and O–H groups in total. The molecule has 0 fully saturated rings. The highest BCUT2D eigenvalue weighted by Gasteiger charge is 2.31. The van der Waals surface area contributed by atoms with Crippen molar-refractivity contribution in [1.82, 2.24) is 5.32 Å². The van der Waals surface area contributed by atoms with Crippen molar-refractivity contribution in [3.63, 3.8) is 0 Å². The van der Waals surface area contributed by atoms with Crippen LogP contribution in [0.3, 0.4) is 0 Å². The van der Waals surface area contributed by atoms with Gasteiger partial charge in [-0.05, 0) is 62.1 Å². The number of nitrogens with zero attached hydrogens (tertiary/aromatic N) is 1. The van der Waals surface area contributed by atoms with Gasteiger partial charge in [-0.15, -0.1) is 0 Å². The first-order valence-corrected chi connectivity index (χ1v) is 12.4. The van der Waals surface area contributed by atoms with Crippen molar-refractivity contribution in [2.45, 2.75) is 39.8 Å². The van der Waals surface area contributed by atoms with Crippen LogP contribution in [0.5, 0.6) is 0 Å². The average molecular weight is 451 g/mol. The van der Waals surface area contributed by atoms with Crippen molar-refractivity contribution in [3.05, 3.63) is 101 Å². The topological polar surface area (TPSA) is 66.5 Å². The van der Waals surface area contributed by atoms with E-state index in [0.29, 0.717) is 5.69 Å². The lowest BCUT2D eigenvalue weighted by Gasteiger charge is -2.30. The second kappa shape index (κ2) is 9.57. The molecule has 0 spiro atoms. The molecule has 3 aromatic carbocycles. The molecule has 2 unspecified atom stereocenters. The zero-order chi connectivity index (χ0) is 23.5. The van der Waals surface area contributed by atoms with Crippen molar-refractivity contribution in [1.29, 1.82) is 0 Å². The summed E-state index contributed by atoms with van der Waals surface area (Å²) in [6, 6.07) is 21.7. The van der Waals surface area contributed by atoms with E-state index in [9.17, 15) is 13.2 Å². The molecule has 0 heterocycles. The fraction of sp³-hybridized carbons (Fsp3) is 0.269. The summed E-state index contributed by atoms with van der Waals surface area (Å²) in [5.74, 6) is -0.372. The zero-order valence-corrected chi connectivity index (χ0v) is 20.0. The predicted octanol–water partition coefficient (Wildman–Crippen LogP) is 4.67. The summed E-state index contributed by atoms with van der Waals surface area (Å²) in [6.07, 6.45) is 1.13. The first-order chi connectivity index (χ1) is 15.1. The van der Waals surface area contributed by atoms with E-state index in [0.717, 1.165) is 34.1 Å². The first kappa shape index (κ1) is 23.5. The number of sulfonamides is 1. The molecule has 6 heteroatoms. The number of hydrogen-bond acceptors (Lipinski definition) is 3. The lowest BCUT2D eigenvalue weighted by Crippen LogP contribution is -2.48. The molecule has 0 aliphatic heterocycles. The minimum absolute atomic E-state index is 0.372. The maximum atomic E-state index is 13.4. The Bertz CT molecular complexity index is 1190. The molecule has 0 saturated heterocycles. The molecular formula is C26H30N2O3S. The lowest BCUT2D eigenvalue weighted by molar-refractivity contribution is -0.122. The van der Waals surface area contributed by atoms with Gasteiger partial charge in [-0.2, -0.15) is 0 Å². The molecule has 0 radical (unpaired) electrons. The van der Waals surface area contributed by atoms with Crippen LogP contribution in [0.1, 0.15) is 40.8 Å². The Kier molecular flexibility index (Phi) is 7.04. The molecule has 168 valence electrons. The molecule has 3 rings (SSSR count). The van der Waals surface area contributed by atoms with E-state index in [1.165, 1.54) is 4.31 Å². The maximum absolute atomic E-state index is 13.4. The molecular weight excluding hydrogens is 420 g/mol. The van der Waals surface area contributed by atoms with E-state index in [-0.39, 0.29) is 5.91 Å².